The van der Waals surface area contributed by atoms with E-state index in [4.69, 9.17) is 0 Å². The van der Waals surface area contributed by atoms with E-state index < -0.39 is 0 Å². The summed E-state index contributed by atoms with van der Waals surface area (Å²) in [5.41, 5.74) is 2.72. The van der Waals surface area contributed by atoms with Crippen molar-refractivity contribution in [2.45, 2.75) is 66.7 Å². The molecule has 0 bridgehead atoms. The number of allylic oxidation sites excluding steroid dienone is 2. The van der Waals surface area contributed by atoms with Gasteiger partial charge in [0.05, 0.1) is 0 Å². The van der Waals surface area contributed by atoms with Gasteiger partial charge < -0.3 is 0 Å². The molecule has 0 N–H and O–H groups in total. The van der Waals surface area contributed by atoms with Gasteiger partial charge >= 0.3 is 0 Å². The van der Waals surface area contributed by atoms with Gasteiger partial charge in [0.1, 0.15) is 0 Å². The lowest BCUT2D eigenvalue weighted by atomic mass is 10.1. The summed E-state index contributed by atoms with van der Waals surface area (Å²) >= 11 is 0. The molecule has 1 aliphatic carbocycles. The SMILES string of the molecule is C=CN=C1CCC/C1=C/CCC.CC.CC. The topological polar surface area (TPSA) is 12.4 Å². The quantitative estimate of drug-likeness (QED) is 0.596. The zero-order chi connectivity index (χ0) is 12.8. The molecule has 94 valence electrons. The molecule has 1 nitrogen and oxygen atoms in total. The lowest BCUT2D eigenvalue weighted by molar-refractivity contribution is 0.920. The van der Waals surface area contributed by atoms with Crippen LogP contribution in [0.3, 0.4) is 0 Å². The summed E-state index contributed by atoms with van der Waals surface area (Å²) in [6.07, 6.45) is 10.0. The van der Waals surface area contributed by atoms with Crippen molar-refractivity contribution in [3.8, 4) is 0 Å². The Balaban J connectivity index is 0. The van der Waals surface area contributed by atoms with Gasteiger partial charge in [-0.05, 0) is 31.3 Å². The van der Waals surface area contributed by atoms with Gasteiger partial charge in [-0.1, -0.05) is 53.7 Å². The van der Waals surface area contributed by atoms with Gasteiger partial charge in [-0.3, -0.25) is 4.99 Å². The van der Waals surface area contributed by atoms with Gasteiger partial charge in [0.15, 0.2) is 0 Å². The van der Waals surface area contributed by atoms with Crippen LogP contribution in [0.5, 0.6) is 0 Å². The summed E-state index contributed by atoms with van der Waals surface area (Å²) in [6.45, 7) is 13.8. The molecule has 0 aliphatic heterocycles. The van der Waals surface area contributed by atoms with Crippen molar-refractivity contribution in [3.05, 3.63) is 24.4 Å². The molecule has 16 heavy (non-hydrogen) atoms. The first-order valence-corrected chi connectivity index (χ1v) is 6.75. The Bertz CT molecular complexity index is 211. The number of rotatable bonds is 3. The smallest absolute Gasteiger partial charge is 0.0432 e. The van der Waals surface area contributed by atoms with Gasteiger partial charge in [0, 0.05) is 11.9 Å². The second-order valence-electron chi connectivity index (χ2n) is 3.13. The number of hydrogen-bond donors (Lipinski definition) is 0. The third-order valence-electron chi connectivity index (χ3n) is 2.16. The van der Waals surface area contributed by atoms with Crippen molar-refractivity contribution in [1.29, 1.82) is 0 Å². The number of nitrogens with zero attached hydrogens (tertiary/aromatic N) is 1. The Labute approximate surface area is 102 Å². The predicted molar refractivity (Wildman–Crippen MR) is 77.2 cm³/mol. The molecule has 0 aromatic rings. The first kappa shape index (κ1) is 17.5. The average Bonchev–Trinajstić information content (AvgIpc) is 2.80. The molecule has 0 saturated heterocycles. The minimum atomic E-state index is 1.14. The third-order valence-corrected chi connectivity index (χ3v) is 2.16. The van der Waals surface area contributed by atoms with Gasteiger partial charge in [-0.2, -0.15) is 0 Å². The second-order valence-corrected chi connectivity index (χ2v) is 3.13. The average molecular weight is 223 g/mol. The Morgan fingerprint density at radius 1 is 1.19 bits per heavy atom. The summed E-state index contributed by atoms with van der Waals surface area (Å²) in [7, 11) is 0. The van der Waals surface area contributed by atoms with Crippen LogP contribution < -0.4 is 0 Å². The normalized spacial score (nSPS) is 18.6. The molecule has 0 unspecified atom stereocenters. The summed E-state index contributed by atoms with van der Waals surface area (Å²) in [4.78, 5) is 4.27. The molecule has 1 heteroatoms. The number of hydrogen-bond acceptors (Lipinski definition) is 1. The number of aliphatic imine (C=N–C) groups is 1. The maximum absolute atomic E-state index is 4.27. The lowest BCUT2D eigenvalue weighted by Gasteiger charge is -1.97. The van der Waals surface area contributed by atoms with Crippen LogP contribution in [0.1, 0.15) is 66.7 Å². The van der Waals surface area contributed by atoms with Crippen LogP contribution in [-0.2, 0) is 0 Å². The molecule has 0 spiro atoms. The van der Waals surface area contributed by atoms with E-state index >= 15 is 0 Å². The Kier molecular flexibility index (Phi) is 15.5. The maximum Gasteiger partial charge on any atom is 0.0432 e. The van der Waals surface area contributed by atoms with Crippen LogP contribution in [0.2, 0.25) is 0 Å². The first-order valence-electron chi connectivity index (χ1n) is 6.75. The van der Waals surface area contributed by atoms with Gasteiger partial charge in [0.25, 0.3) is 0 Å². The molecule has 0 amide bonds. The fraction of sp³-hybridized carbons (Fsp3) is 0.667. The van der Waals surface area contributed by atoms with Crippen LogP contribution in [0.15, 0.2) is 29.4 Å². The molecule has 1 aliphatic rings. The van der Waals surface area contributed by atoms with Crippen LogP contribution in [-0.4, -0.2) is 5.71 Å². The van der Waals surface area contributed by atoms with E-state index in [0.29, 0.717) is 0 Å². The van der Waals surface area contributed by atoms with Crippen molar-refractivity contribution in [1.82, 2.24) is 0 Å². The van der Waals surface area contributed by atoms with Crippen molar-refractivity contribution < 1.29 is 0 Å². The van der Waals surface area contributed by atoms with E-state index in [1.165, 1.54) is 37.0 Å². The van der Waals surface area contributed by atoms with Crippen molar-refractivity contribution in [3.63, 3.8) is 0 Å². The minimum Gasteiger partial charge on any atom is -0.262 e. The zero-order valence-electron chi connectivity index (χ0n) is 11.8. The monoisotopic (exact) mass is 223 g/mol. The van der Waals surface area contributed by atoms with Crippen molar-refractivity contribution >= 4 is 5.71 Å². The summed E-state index contributed by atoms with van der Waals surface area (Å²) in [6, 6.07) is 0. The summed E-state index contributed by atoms with van der Waals surface area (Å²) in [5.74, 6) is 0. The van der Waals surface area contributed by atoms with E-state index in [9.17, 15) is 0 Å². The van der Waals surface area contributed by atoms with E-state index in [1.807, 2.05) is 27.7 Å². The highest BCUT2D eigenvalue weighted by molar-refractivity contribution is 6.02. The largest absolute Gasteiger partial charge is 0.262 e. The Morgan fingerprint density at radius 3 is 2.31 bits per heavy atom. The molecule has 0 heterocycles. The van der Waals surface area contributed by atoms with Crippen LogP contribution >= 0.6 is 0 Å². The molecule has 1 saturated carbocycles. The first-order chi connectivity index (χ1) is 7.88. The Hall–Kier alpha value is -0.850. The van der Waals surface area contributed by atoms with E-state index in [-0.39, 0.29) is 0 Å². The highest BCUT2D eigenvalue weighted by atomic mass is 14.7. The predicted octanol–water partition coefficient (Wildman–Crippen LogP) is 5.53. The fourth-order valence-electron chi connectivity index (χ4n) is 1.55. The lowest BCUT2D eigenvalue weighted by Crippen LogP contribution is -1.91. The fourth-order valence-corrected chi connectivity index (χ4v) is 1.55. The molecule has 0 radical (unpaired) electrons. The summed E-state index contributed by atoms with van der Waals surface area (Å²) in [5, 5.41) is 0. The highest BCUT2D eigenvalue weighted by Crippen LogP contribution is 2.22. The van der Waals surface area contributed by atoms with E-state index in [1.54, 1.807) is 6.20 Å². The standard InChI is InChI=1S/C11H17N.2C2H6/c1-3-5-7-10-8-6-9-11(10)12-4-2;2*1-2/h4,7H,2-3,5-6,8-9H2,1H3;2*1-2H3/b10-7-,12-11?;;. The molecule has 0 aromatic heterocycles. The molecule has 1 rings (SSSR count). The summed E-state index contributed by atoms with van der Waals surface area (Å²) < 4.78 is 0. The van der Waals surface area contributed by atoms with Crippen LogP contribution in [0.25, 0.3) is 0 Å². The second kappa shape index (κ2) is 14.2. The zero-order valence-corrected chi connectivity index (χ0v) is 11.8. The van der Waals surface area contributed by atoms with Gasteiger partial charge in [-0.15, -0.1) is 0 Å². The molecule has 1 fully saturated rings. The van der Waals surface area contributed by atoms with Gasteiger partial charge in [0.2, 0.25) is 0 Å². The molecule has 0 atom stereocenters. The van der Waals surface area contributed by atoms with E-state index in [0.717, 1.165) is 6.42 Å². The van der Waals surface area contributed by atoms with Crippen LogP contribution in [0, 0.1) is 0 Å². The van der Waals surface area contributed by atoms with Crippen molar-refractivity contribution in [2.24, 2.45) is 4.99 Å². The third kappa shape index (κ3) is 7.44. The molecular formula is C15H29N. The highest BCUT2D eigenvalue weighted by Gasteiger charge is 2.13. The molecule has 0 aromatic carbocycles. The number of unbranched alkanes of at least 4 members (excludes halogenated alkanes) is 1. The van der Waals surface area contributed by atoms with Crippen molar-refractivity contribution in [2.75, 3.05) is 0 Å². The maximum atomic E-state index is 4.27. The van der Waals surface area contributed by atoms with Crippen LogP contribution in [0.4, 0.5) is 0 Å². The molecular weight excluding hydrogens is 194 g/mol. The van der Waals surface area contributed by atoms with E-state index in [2.05, 4.69) is 24.6 Å². The minimum absolute atomic E-state index is 1.14. The van der Waals surface area contributed by atoms with Gasteiger partial charge in [-0.25, -0.2) is 0 Å². The Morgan fingerprint density at radius 2 is 1.81 bits per heavy atom.